The zero-order valence-electron chi connectivity index (χ0n) is 15.0. The van der Waals surface area contributed by atoms with Crippen molar-refractivity contribution < 1.29 is 4.74 Å². The molecular weight excluding hydrogens is 378 g/mol. The second kappa shape index (κ2) is 8.16. The summed E-state index contributed by atoms with van der Waals surface area (Å²) in [5.41, 5.74) is 2.13. The summed E-state index contributed by atoms with van der Waals surface area (Å²) in [6.45, 7) is 1.72. The molecule has 0 saturated carbocycles. The first-order valence-electron chi connectivity index (χ1n) is 8.86. The fourth-order valence-electron chi connectivity index (χ4n) is 3.43. The highest BCUT2D eigenvalue weighted by atomic mass is 32.1. The Morgan fingerprint density at radius 2 is 2.19 bits per heavy atom. The van der Waals surface area contributed by atoms with E-state index < -0.39 is 0 Å². The van der Waals surface area contributed by atoms with Crippen LogP contribution in [0.2, 0.25) is 0 Å². The Bertz CT molecular complexity index is 956. The highest BCUT2D eigenvalue weighted by molar-refractivity contribution is 7.73. The lowest BCUT2D eigenvalue weighted by atomic mass is 10.1. The van der Waals surface area contributed by atoms with Crippen molar-refractivity contribution in [1.29, 1.82) is 0 Å². The Morgan fingerprint density at radius 1 is 1.30 bits per heavy atom. The third-order valence-corrected chi connectivity index (χ3v) is 5.93. The van der Waals surface area contributed by atoms with Gasteiger partial charge >= 0.3 is 0 Å². The predicted octanol–water partition coefficient (Wildman–Crippen LogP) is 4.62. The van der Waals surface area contributed by atoms with E-state index in [0.29, 0.717) is 12.7 Å². The van der Waals surface area contributed by atoms with E-state index in [1.54, 1.807) is 7.11 Å². The fraction of sp³-hybridized carbons (Fsp3) is 0.316. The number of methoxy groups -OCH3 is 1. The SMILES string of the molecule is COc1ccccc1Nc1nn(CN2CCCC2c2cccnc2)c(=S)s1. The number of likely N-dealkylation sites (tertiary alicyclic amines) is 1. The van der Waals surface area contributed by atoms with Crippen LogP contribution in [0.3, 0.4) is 0 Å². The molecule has 2 aromatic heterocycles. The number of anilines is 2. The Balaban J connectivity index is 1.51. The van der Waals surface area contributed by atoms with Gasteiger partial charge < -0.3 is 10.1 Å². The van der Waals surface area contributed by atoms with Gasteiger partial charge in [-0.3, -0.25) is 9.88 Å². The summed E-state index contributed by atoms with van der Waals surface area (Å²) in [4.78, 5) is 6.68. The second-order valence-corrected chi connectivity index (χ2v) is 8.02. The van der Waals surface area contributed by atoms with E-state index in [1.807, 2.05) is 47.4 Å². The van der Waals surface area contributed by atoms with Crippen molar-refractivity contribution in [3.63, 3.8) is 0 Å². The van der Waals surface area contributed by atoms with E-state index in [9.17, 15) is 0 Å². The molecule has 1 fully saturated rings. The van der Waals surface area contributed by atoms with Gasteiger partial charge in [0.1, 0.15) is 5.75 Å². The highest BCUT2D eigenvalue weighted by Gasteiger charge is 2.26. The molecule has 0 aliphatic carbocycles. The number of hydrogen-bond donors (Lipinski definition) is 1. The van der Waals surface area contributed by atoms with Crippen LogP contribution in [0.15, 0.2) is 48.8 Å². The van der Waals surface area contributed by atoms with Crippen molar-refractivity contribution in [1.82, 2.24) is 19.7 Å². The van der Waals surface area contributed by atoms with Crippen LogP contribution in [0.1, 0.15) is 24.4 Å². The van der Waals surface area contributed by atoms with Crippen LogP contribution >= 0.6 is 23.6 Å². The minimum atomic E-state index is 0.368. The van der Waals surface area contributed by atoms with Crippen molar-refractivity contribution in [2.45, 2.75) is 25.6 Å². The van der Waals surface area contributed by atoms with Gasteiger partial charge in [-0.25, -0.2) is 4.68 Å². The molecule has 1 aromatic carbocycles. The molecule has 6 nitrogen and oxygen atoms in total. The van der Waals surface area contributed by atoms with Crippen LogP contribution in [0.5, 0.6) is 5.75 Å². The van der Waals surface area contributed by atoms with E-state index in [-0.39, 0.29) is 0 Å². The molecular formula is C19H21N5OS2. The quantitative estimate of drug-likeness (QED) is 0.611. The number of para-hydroxylation sites is 2. The van der Waals surface area contributed by atoms with Gasteiger partial charge in [0.15, 0.2) is 3.95 Å². The van der Waals surface area contributed by atoms with E-state index >= 15 is 0 Å². The number of ether oxygens (including phenoxy) is 1. The number of rotatable bonds is 6. The first kappa shape index (κ1) is 18.1. The Hall–Kier alpha value is -2.29. The number of benzene rings is 1. The third-order valence-electron chi connectivity index (χ3n) is 4.70. The van der Waals surface area contributed by atoms with Crippen molar-refractivity contribution >= 4 is 34.4 Å². The predicted molar refractivity (Wildman–Crippen MR) is 110 cm³/mol. The zero-order valence-corrected chi connectivity index (χ0v) is 16.7. The average Bonchev–Trinajstić information content (AvgIpc) is 3.30. The van der Waals surface area contributed by atoms with E-state index in [2.05, 4.69) is 26.4 Å². The lowest BCUT2D eigenvalue weighted by Gasteiger charge is -2.24. The van der Waals surface area contributed by atoms with Crippen LogP contribution < -0.4 is 10.1 Å². The minimum absolute atomic E-state index is 0.368. The standard InChI is InChI=1S/C19H21N5OS2/c1-25-17-9-3-2-7-15(17)21-18-22-24(19(26)27-18)13-23-11-5-8-16(23)14-6-4-10-20-12-14/h2-4,6-7,9-10,12,16H,5,8,11,13H2,1H3,(H,21,22). The van der Waals surface area contributed by atoms with E-state index in [4.69, 9.17) is 17.0 Å². The first-order chi connectivity index (χ1) is 13.2. The van der Waals surface area contributed by atoms with Gasteiger partial charge in [-0.15, -0.1) is 5.10 Å². The number of hydrogen-bond acceptors (Lipinski definition) is 7. The van der Waals surface area contributed by atoms with Gasteiger partial charge in [-0.05, 0) is 48.8 Å². The molecule has 1 saturated heterocycles. The zero-order chi connectivity index (χ0) is 18.6. The van der Waals surface area contributed by atoms with E-state index in [1.165, 1.54) is 23.3 Å². The Labute approximate surface area is 167 Å². The van der Waals surface area contributed by atoms with Gasteiger partial charge in [-0.2, -0.15) is 0 Å². The van der Waals surface area contributed by atoms with Crippen molar-refractivity contribution in [3.05, 3.63) is 58.3 Å². The van der Waals surface area contributed by atoms with Crippen molar-refractivity contribution in [2.75, 3.05) is 19.0 Å². The summed E-state index contributed by atoms with van der Waals surface area (Å²) in [5.74, 6) is 0.779. The fourth-order valence-corrected chi connectivity index (χ4v) is 4.43. The molecule has 3 heterocycles. The molecule has 8 heteroatoms. The maximum Gasteiger partial charge on any atom is 0.209 e. The molecule has 4 rings (SSSR count). The third kappa shape index (κ3) is 4.02. The number of aromatic nitrogens is 3. The average molecular weight is 400 g/mol. The summed E-state index contributed by atoms with van der Waals surface area (Å²) in [6.07, 6.45) is 6.08. The molecule has 27 heavy (non-hydrogen) atoms. The van der Waals surface area contributed by atoms with Crippen molar-refractivity contribution in [3.8, 4) is 5.75 Å². The van der Waals surface area contributed by atoms with Gasteiger partial charge in [0.05, 0.1) is 19.5 Å². The number of nitrogens with one attached hydrogen (secondary N) is 1. The molecule has 0 amide bonds. The van der Waals surface area contributed by atoms with Crippen LogP contribution in [-0.2, 0) is 6.67 Å². The van der Waals surface area contributed by atoms with Crippen LogP contribution in [-0.4, -0.2) is 33.3 Å². The maximum atomic E-state index is 5.55. The molecule has 0 spiro atoms. The summed E-state index contributed by atoms with van der Waals surface area (Å²) in [7, 11) is 1.66. The van der Waals surface area contributed by atoms with Crippen LogP contribution in [0, 0.1) is 3.95 Å². The molecule has 140 valence electrons. The van der Waals surface area contributed by atoms with Gasteiger partial charge in [0.25, 0.3) is 0 Å². The molecule has 3 aromatic rings. The molecule has 1 unspecified atom stereocenters. The van der Waals surface area contributed by atoms with Gasteiger partial charge in [-0.1, -0.05) is 29.5 Å². The lowest BCUT2D eigenvalue weighted by molar-refractivity contribution is 0.191. The molecule has 1 atom stereocenters. The van der Waals surface area contributed by atoms with Crippen LogP contribution in [0.4, 0.5) is 10.8 Å². The maximum absolute atomic E-state index is 5.55. The van der Waals surface area contributed by atoms with Crippen LogP contribution in [0.25, 0.3) is 0 Å². The summed E-state index contributed by atoms with van der Waals surface area (Å²) in [6, 6.07) is 12.3. The molecule has 1 N–H and O–H groups in total. The molecule has 0 radical (unpaired) electrons. The number of pyridine rings is 1. The van der Waals surface area contributed by atoms with Crippen molar-refractivity contribution in [2.24, 2.45) is 0 Å². The summed E-state index contributed by atoms with van der Waals surface area (Å²) in [5, 5.41) is 8.76. The largest absolute Gasteiger partial charge is 0.495 e. The monoisotopic (exact) mass is 399 g/mol. The van der Waals surface area contributed by atoms with Gasteiger partial charge in [0, 0.05) is 25.0 Å². The molecule has 1 aliphatic rings. The highest BCUT2D eigenvalue weighted by Crippen LogP contribution is 2.33. The minimum Gasteiger partial charge on any atom is -0.495 e. The molecule has 1 aliphatic heterocycles. The lowest BCUT2D eigenvalue weighted by Crippen LogP contribution is -2.26. The molecule has 0 bridgehead atoms. The number of nitrogens with zero attached hydrogens (tertiary/aromatic N) is 4. The van der Waals surface area contributed by atoms with Gasteiger partial charge in [0.2, 0.25) is 5.13 Å². The first-order valence-corrected chi connectivity index (χ1v) is 10.1. The Kier molecular flexibility index (Phi) is 5.47. The Morgan fingerprint density at radius 3 is 3.00 bits per heavy atom. The normalized spacial score (nSPS) is 17.1. The second-order valence-electron chi connectivity index (χ2n) is 6.40. The summed E-state index contributed by atoms with van der Waals surface area (Å²) >= 11 is 7.02. The smallest absolute Gasteiger partial charge is 0.209 e. The summed E-state index contributed by atoms with van der Waals surface area (Å²) < 4.78 is 8.04. The topological polar surface area (TPSA) is 55.2 Å². The van der Waals surface area contributed by atoms with E-state index in [0.717, 1.165) is 33.5 Å².